The van der Waals surface area contributed by atoms with Gasteiger partial charge in [0.05, 0.1) is 4.92 Å². The molecule has 0 amide bonds. The highest BCUT2D eigenvalue weighted by Gasteiger charge is 2.31. The topological polar surface area (TPSA) is 105 Å². The minimum atomic E-state index is -1.24. The van der Waals surface area contributed by atoms with Crippen molar-refractivity contribution in [3.05, 3.63) is 46.0 Å². The van der Waals surface area contributed by atoms with Gasteiger partial charge in [-0.15, -0.1) is 0 Å². The number of rotatable bonds is 5. The van der Waals surface area contributed by atoms with E-state index in [1.54, 1.807) is 24.0 Å². The van der Waals surface area contributed by atoms with E-state index in [0.29, 0.717) is 32.0 Å². The molecule has 27 heavy (non-hydrogen) atoms. The smallest absolute Gasteiger partial charge is 0.373 e. The molecule has 0 spiro atoms. The van der Waals surface area contributed by atoms with E-state index in [1.165, 1.54) is 19.1 Å². The van der Waals surface area contributed by atoms with Gasteiger partial charge in [-0.3, -0.25) is 10.1 Å². The molecule has 1 aromatic heterocycles. The second kappa shape index (κ2) is 7.70. The van der Waals surface area contributed by atoms with Crippen molar-refractivity contribution in [2.24, 2.45) is 0 Å². The molecule has 1 unspecified atom stereocenters. The zero-order chi connectivity index (χ0) is 19.6. The van der Waals surface area contributed by atoms with Crippen LogP contribution in [-0.4, -0.2) is 52.5 Å². The van der Waals surface area contributed by atoms with E-state index in [2.05, 4.69) is 14.9 Å². The largest absolute Gasteiger partial charge is 0.443 e. The van der Waals surface area contributed by atoms with Gasteiger partial charge in [-0.1, -0.05) is 0 Å². The SMILES string of the molecule is Cc1nc(OC(C)O)c([N+](=O)[O-])c(N2CCN(c3ccc(F)cc3)CC2)n1. The van der Waals surface area contributed by atoms with E-state index >= 15 is 0 Å². The number of hydrogen-bond donors (Lipinski definition) is 1. The number of aliphatic hydroxyl groups is 1. The minimum absolute atomic E-state index is 0.168. The molecule has 0 bridgehead atoms. The van der Waals surface area contributed by atoms with Crippen LogP contribution < -0.4 is 14.5 Å². The Morgan fingerprint density at radius 3 is 2.33 bits per heavy atom. The number of ether oxygens (including phenoxy) is 1. The standard InChI is InChI=1S/C17H20FN5O4/c1-11-19-16(15(23(25)26)17(20-11)27-12(2)24)22-9-7-21(8-10-22)14-5-3-13(18)4-6-14/h3-6,12,24H,7-10H2,1-2H3. The number of benzene rings is 1. The fourth-order valence-electron chi connectivity index (χ4n) is 2.98. The van der Waals surface area contributed by atoms with Crippen LogP contribution >= 0.6 is 0 Å². The van der Waals surface area contributed by atoms with Gasteiger partial charge in [-0.05, 0) is 38.1 Å². The number of piperazine rings is 1. The Hall–Kier alpha value is -3.01. The lowest BCUT2D eigenvalue weighted by molar-refractivity contribution is -0.386. The summed E-state index contributed by atoms with van der Waals surface area (Å²) in [5.41, 5.74) is 0.527. The Balaban J connectivity index is 1.83. The first-order valence-electron chi connectivity index (χ1n) is 8.48. The number of hydrogen-bond acceptors (Lipinski definition) is 8. The van der Waals surface area contributed by atoms with Gasteiger partial charge in [-0.25, -0.2) is 9.37 Å². The molecule has 10 heteroatoms. The molecular formula is C17H20FN5O4. The maximum atomic E-state index is 13.1. The van der Waals surface area contributed by atoms with Crippen LogP contribution in [0.25, 0.3) is 0 Å². The van der Waals surface area contributed by atoms with E-state index in [0.717, 1.165) is 5.69 Å². The van der Waals surface area contributed by atoms with E-state index in [9.17, 15) is 19.6 Å². The molecule has 1 aliphatic rings. The predicted octanol–water partition coefficient (Wildman–Crippen LogP) is 1.88. The zero-order valence-corrected chi connectivity index (χ0v) is 15.0. The Bertz CT molecular complexity index is 823. The molecule has 0 saturated carbocycles. The first-order valence-corrected chi connectivity index (χ1v) is 8.48. The third-order valence-corrected chi connectivity index (χ3v) is 4.18. The quantitative estimate of drug-likeness (QED) is 0.478. The number of nitrogens with zero attached hydrogens (tertiary/aromatic N) is 5. The first kappa shape index (κ1) is 18.8. The van der Waals surface area contributed by atoms with Gasteiger partial charge < -0.3 is 19.6 Å². The molecule has 1 aromatic carbocycles. The second-order valence-electron chi connectivity index (χ2n) is 6.17. The Labute approximate surface area is 155 Å². The molecule has 3 rings (SSSR count). The van der Waals surface area contributed by atoms with Gasteiger partial charge >= 0.3 is 11.6 Å². The summed E-state index contributed by atoms with van der Waals surface area (Å²) in [6, 6.07) is 6.22. The average Bonchev–Trinajstić information content (AvgIpc) is 2.61. The highest BCUT2D eigenvalue weighted by Crippen LogP contribution is 2.35. The number of anilines is 2. The summed E-state index contributed by atoms with van der Waals surface area (Å²) >= 11 is 0. The molecule has 0 aliphatic carbocycles. The van der Waals surface area contributed by atoms with Crippen LogP contribution in [0.2, 0.25) is 0 Å². The molecule has 9 nitrogen and oxygen atoms in total. The molecule has 1 saturated heterocycles. The Morgan fingerprint density at radius 1 is 1.19 bits per heavy atom. The number of aromatic nitrogens is 2. The number of nitro groups is 1. The third-order valence-electron chi connectivity index (χ3n) is 4.18. The van der Waals surface area contributed by atoms with Crippen molar-refractivity contribution in [3.63, 3.8) is 0 Å². The lowest BCUT2D eigenvalue weighted by Crippen LogP contribution is -2.47. The summed E-state index contributed by atoms with van der Waals surface area (Å²) in [4.78, 5) is 23.0. The Kier molecular flexibility index (Phi) is 5.36. The van der Waals surface area contributed by atoms with Gasteiger partial charge in [-0.2, -0.15) is 4.98 Å². The van der Waals surface area contributed by atoms with Gasteiger partial charge in [0.25, 0.3) is 0 Å². The molecule has 2 aromatic rings. The predicted molar refractivity (Wildman–Crippen MR) is 96.6 cm³/mol. The first-order chi connectivity index (χ1) is 12.8. The number of halogens is 1. The van der Waals surface area contributed by atoms with Crippen LogP contribution in [0.3, 0.4) is 0 Å². The molecule has 144 valence electrons. The van der Waals surface area contributed by atoms with Crippen molar-refractivity contribution in [3.8, 4) is 5.88 Å². The van der Waals surface area contributed by atoms with E-state index in [4.69, 9.17) is 4.74 Å². The maximum Gasteiger partial charge on any atom is 0.373 e. The van der Waals surface area contributed by atoms with E-state index in [-0.39, 0.29) is 23.2 Å². The number of aryl methyl sites for hydroxylation is 1. The van der Waals surface area contributed by atoms with Crippen molar-refractivity contribution >= 4 is 17.2 Å². The van der Waals surface area contributed by atoms with Crippen LogP contribution in [0.4, 0.5) is 21.6 Å². The summed E-state index contributed by atoms with van der Waals surface area (Å²) in [7, 11) is 0. The van der Waals surface area contributed by atoms with Gasteiger partial charge in [0.15, 0.2) is 6.29 Å². The zero-order valence-electron chi connectivity index (χ0n) is 15.0. The van der Waals surface area contributed by atoms with Crippen molar-refractivity contribution in [1.29, 1.82) is 0 Å². The van der Waals surface area contributed by atoms with Gasteiger partial charge in [0, 0.05) is 31.9 Å². The van der Waals surface area contributed by atoms with Crippen LogP contribution in [0.5, 0.6) is 5.88 Å². The van der Waals surface area contributed by atoms with Gasteiger partial charge in [0.1, 0.15) is 11.6 Å². The van der Waals surface area contributed by atoms with Crippen molar-refractivity contribution < 1.29 is 19.2 Å². The van der Waals surface area contributed by atoms with E-state index < -0.39 is 11.2 Å². The summed E-state index contributed by atoms with van der Waals surface area (Å²) in [5, 5.41) is 21.0. The summed E-state index contributed by atoms with van der Waals surface area (Å²) < 4.78 is 18.2. The van der Waals surface area contributed by atoms with Crippen molar-refractivity contribution in [2.75, 3.05) is 36.0 Å². The van der Waals surface area contributed by atoms with Crippen LogP contribution in [0, 0.1) is 22.9 Å². The molecule has 1 atom stereocenters. The average molecular weight is 377 g/mol. The highest BCUT2D eigenvalue weighted by atomic mass is 19.1. The lowest BCUT2D eigenvalue weighted by atomic mass is 10.2. The summed E-state index contributed by atoms with van der Waals surface area (Å²) in [6.45, 7) is 5.13. The molecule has 1 N–H and O–H groups in total. The summed E-state index contributed by atoms with van der Waals surface area (Å²) in [6.07, 6.45) is -1.24. The molecular weight excluding hydrogens is 357 g/mol. The molecule has 1 fully saturated rings. The molecule has 1 aliphatic heterocycles. The summed E-state index contributed by atoms with van der Waals surface area (Å²) in [5.74, 6) is -0.0669. The lowest BCUT2D eigenvalue weighted by Gasteiger charge is -2.36. The third kappa shape index (κ3) is 4.22. The fraction of sp³-hybridized carbons (Fsp3) is 0.412. The highest BCUT2D eigenvalue weighted by molar-refractivity contribution is 5.64. The van der Waals surface area contributed by atoms with Crippen molar-refractivity contribution in [1.82, 2.24) is 9.97 Å². The maximum absolute atomic E-state index is 13.1. The van der Waals surface area contributed by atoms with Crippen LogP contribution in [0.1, 0.15) is 12.7 Å². The molecule has 2 heterocycles. The van der Waals surface area contributed by atoms with Gasteiger partial charge in [0.2, 0.25) is 5.82 Å². The normalized spacial score (nSPS) is 15.6. The minimum Gasteiger partial charge on any atom is -0.443 e. The fourth-order valence-corrected chi connectivity index (χ4v) is 2.98. The number of aliphatic hydroxyl groups excluding tert-OH is 1. The monoisotopic (exact) mass is 377 g/mol. The second-order valence-corrected chi connectivity index (χ2v) is 6.17. The van der Waals surface area contributed by atoms with E-state index in [1.807, 2.05) is 0 Å². The van der Waals surface area contributed by atoms with Crippen LogP contribution in [-0.2, 0) is 0 Å². The molecule has 0 radical (unpaired) electrons. The van der Waals surface area contributed by atoms with Crippen LogP contribution in [0.15, 0.2) is 24.3 Å². The van der Waals surface area contributed by atoms with Crippen molar-refractivity contribution in [2.45, 2.75) is 20.1 Å². The Morgan fingerprint density at radius 2 is 1.78 bits per heavy atom.